The molecule has 0 saturated carbocycles. The summed E-state index contributed by atoms with van der Waals surface area (Å²) in [7, 11) is 2.00. The second-order valence-electron chi connectivity index (χ2n) is 4.97. The number of nitrogens with zero attached hydrogens (tertiary/aromatic N) is 2. The van der Waals surface area contributed by atoms with E-state index in [2.05, 4.69) is 9.55 Å². The summed E-state index contributed by atoms with van der Waals surface area (Å²) in [5, 5.41) is 4.43. The van der Waals surface area contributed by atoms with Crippen molar-refractivity contribution in [3.8, 4) is 10.6 Å². The van der Waals surface area contributed by atoms with Crippen molar-refractivity contribution in [3.05, 3.63) is 64.3 Å². The topological polar surface area (TPSA) is 34.9 Å². The van der Waals surface area contributed by atoms with Crippen LogP contribution in [-0.4, -0.2) is 9.55 Å². The fourth-order valence-corrected chi connectivity index (χ4v) is 3.37. The molecule has 0 aliphatic heterocycles. The summed E-state index contributed by atoms with van der Waals surface area (Å²) in [4.78, 5) is 17.0. The summed E-state index contributed by atoms with van der Waals surface area (Å²) in [6.07, 6.45) is 1.80. The summed E-state index contributed by atoms with van der Waals surface area (Å²) < 4.78 is 2.07. The Morgan fingerprint density at radius 2 is 1.86 bits per heavy atom. The van der Waals surface area contributed by atoms with Crippen molar-refractivity contribution in [3.63, 3.8) is 0 Å². The van der Waals surface area contributed by atoms with E-state index in [1.165, 1.54) is 0 Å². The number of hydrogen-bond acceptors (Lipinski definition) is 3. The fourth-order valence-electron chi connectivity index (χ4n) is 2.73. The first-order valence-electron chi connectivity index (χ1n) is 6.67. The average Bonchev–Trinajstić information content (AvgIpc) is 3.06. The number of rotatable bonds is 1. The van der Waals surface area contributed by atoms with Crippen LogP contribution < -0.4 is 5.43 Å². The molecule has 0 aliphatic rings. The first kappa shape index (κ1) is 12.3. The van der Waals surface area contributed by atoms with E-state index in [-0.39, 0.29) is 5.43 Å². The first-order chi connectivity index (χ1) is 10.3. The minimum Gasteiger partial charge on any atom is -0.343 e. The normalized spacial score (nSPS) is 11.3. The van der Waals surface area contributed by atoms with Gasteiger partial charge in [0.05, 0.1) is 11.0 Å². The van der Waals surface area contributed by atoms with Crippen molar-refractivity contribution < 1.29 is 0 Å². The van der Waals surface area contributed by atoms with Gasteiger partial charge in [-0.25, -0.2) is 4.98 Å². The van der Waals surface area contributed by atoms with Crippen LogP contribution in [0.15, 0.2) is 58.8 Å². The number of para-hydroxylation sites is 1. The van der Waals surface area contributed by atoms with Crippen LogP contribution in [0.1, 0.15) is 0 Å². The van der Waals surface area contributed by atoms with E-state index in [0.29, 0.717) is 0 Å². The van der Waals surface area contributed by atoms with E-state index < -0.39 is 0 Å². The van der Waals surface area contributed by atoms with Crippen molar-refractivity contribution >= 4 is 33.1 Å². The van der Waals surface area contributed by atoms with Crippen LogP contribution in [0.3, 0.4) is 0 Å². The molecule has 0 N–H and O–H groups in total. The monoisotopic (exact) mass is 292 g/mol. The lowest BCUT2D eigenvalue weighted by Gasteiger charge is -2.11. The number of thiazole rings is 1. The Bertz CT molecular complexity index is 1020. The Labute approximate surface area is 125 Å². The zero-order chi connectivity index (χ0) is 14.4. The lowest BCUT2D eigenvalue weighted by Crippen LogP contribution is -2.08. The molecule has 0 spiro atoms. The molecule has 4 rings (SSSR count). The molecule has 0 amide bonds. The highest BCUT2D eigenvalue weighted by Gasteiger charge is 2.10. The largest absolute Gasteiger partial charge is 0.343 e. The highest BCUT2D eigenvalue weighted by atomic mass is 32.1. The molecule has 0 atom stereocenters. The SMILES string of the molecule is Cn1c2ccccc2c(=O)c2ccc(-c3nccs3)cc21. The maximum absolute atomic E-state index is 12.6. The predicted molar refractivity (Wildman–Crippen MR) is 87.8 cm³/mol. The van der Waals surface area contributed by atoms with Gasteiger partial charge < -0.3 is 4.57 Å². The molecule has 0 unspecified atom stereocenters. The maximum Gasteiger partial charge on any atom is 0.197 e. The molecule has 102 valence electrons. The van der Waals surface area contributed by atoms with Crippen molar-refractivity contribution in [1.29, 1.82) is 0 Å². The summed E-state index contributed by atoms with van der Waals surface area (Å²) in [6.45, 7) is 0. The molecule has 2 heterocycles. The number of hydrogen-bond donors (Lipinski definition) is 0. The van der Waals surface area contributed by atoms with Gasteiger partial charge >= 0.3 is 0 Å². The number of aryl methyl sites for hydroxylation is 1. The van der Waals surface area contributed by atoms with Crippen LogP contribution in [0, 0.1) is 0 Å². The van der Waals surface area contributed by atoms with Crippen molar-refractivity contribution in [2.45, 2.75) is 0 Å². The molecular formula is C17H12N2OS. The van der Waals surface area contributed by atoms with Crippen LogP contribution in [0.2, 0.25) is 0 Å². The van der Waals surface area contributed by atoms with Gasteiger partial charge in [0.15, 0.2) is 5.43 Å². The molecule has 4 heteroatoms. The molecule has 3 nitrogen and oxygen atoms in total. The molecule has 2 aromatic heterocycles. The average molecular weight is 292 g/mol. The third kappa shape index (κ3) is 1.80. The van der Waals surface area contributed by atoms with Gasteiger partial charge in [0.1, 0.15) is 5.01 Å². The molecule has 0 bridgehead atoms. The third-order valence-electron chi connectivity index (χ3n) is 3.79. The molecule has 0 aliphatic carbocycles. The van der Waals surface area contributed by atoms with Crippen molar-refractivity contribution in [2.75, 3.05) is 0 Å². The van der Waals surface area contributed by atoms with Crippen molar-refractivity contribution in [1.82, 2.24) is 9.55 Å². The number of aromatic nitrogens is 2. The van der Waals surface area contributed by atoms with E-state index in [4.69, 9.17) is 0 Å². The molecule has 0 radical (unpaired) electrons. The second kappa shape index (κ2) is 4.53. The van der Waals surface area contributed by atoms with Crippen LogP contribution in [0.4, 0.5) is 0 Å². The van der Waals surface area contributed by atoms with Gasteiger partial charge in [0.2, 0.25) is 0 Å². The minimum absolute atomic E-state index is 0.0874. The van der Waals surface area contributed by atoms with Gasteiger partial charge in [0, 0.05) is 35.0 Å². The number of fused-ring (bicyclic) bond motifs is 2. The maximum atomic E-state index is 12.6. The molecule has 0 saturated heterocycles. The summed E-state index contributed by atoms with van der Waals surface area (Å²) in [6, 6.07) is 13.6. The van der Waals surface area contributed by atoms with Crippen LogP contribution in [-0.2, 0) is 7.05 Å². The van der Waals surface area contributed by atoms with Crippen LogP contribution in [0.5, 0.6) is 0 Å². The minimum atomic E-state index is 0.0874. The lowest BCUT2D eigenvalue weighted by atomic mass is 10.1. The standard InChI is InChI=1S/C17H12N2OS/c1-19-14-5-3-2-4-12(14)16(20)13-7-6-11(10-15(13)19)17-18-8-9-21-17/h2-10H,1H3. The predicted octanol–water partition coefficient (Wildman–Crippen LogP) is 3.82. The van der Waals surface area contributed by atoms with E-state index in [1.807, 2.05) is 54.9 Å². The van der Waals surface area contributed by atoms with E-state index >= 15 is 0 Å². The number of benzene rings is 2. The number of pyridine rings is 1. The molecular weight excluding hydrogens is 280 g/mol. The lowest BCUT2D eigenvalue weighted by molar-refractivity contribution is 1.00. The Morgan fingerprint density at radius 3 is 2.67 bits per heavy atom. The van der Waals surface area contributed by atoms with E-state index in [9.17, 15) is 4.79 Å². The highest BCUT2D eigenvalue weighted by molar-refractivity contribution is 7.13. The van der Waals surface area contributed by atoms with Gasteiger partial charge in [-0.1, -0.05) is 18.2 Å². The molecule has 21 heavy (non-hydrogen) atoms. The molecule has 0 fully saturated rings. The summed E-state index contributed by atoms with van der Waals surface area (Å²) in [5.74, 6) is 0. The third-order valence-corrected chi connectivity index (χ3v) is 4.62. The quantitative estimate of drug-likeness (QED) is 0.500. The van der Waals surface area contributed by atoms with Gasteiger partial charge in [-0.3, -0.25) is 4.79 Å². The fraction of sp³-hybridized carbons (Fsp3) is 0.0588. The Kier molecular flexibility index (Phi) is 2.65. The van der Waals surface area contributed by atoms with E-state index in [1.54, 1.807) is 17.5 Å². The Morgan fingerprint density at radius 1 is 1.05 bits per heavy atom. The zero-order valence-electron chi connectivity index (χ0n) is 11.4. The van der Waals surface area contributed by atoms with Gasteiger partial charge in [-0.05, 0) is 24.3 Å². The Balaban J connectivity index is 2.15. The van der Waals surface area contributed by atoms with Gasteiger partial charge in [-0.2, -0.15) is 0 Å². The van der Waals surface area contributed by atoms with Crippen molar-refractivity contribution in [2.24, 2.45) is 7.05 Å². The van der Waals surface area contributed by atoms with E-state index in [0.717, 1.165) is 32.4 Å². The second-order valence-corrected chi connectivity index (χ2v) is 5.87. The van der Waals surface area contributed by atoms with Gasteiger partial charge in [0.25, 0.3) is 0 Å². The smallest absolute Gasteiger partial charge is 0.197 e. The zero-order valence-corrected chi connectivity index (χ0v) is 12.2. The Hall–Kier alpha value is -2.46. The van der Waals surface area contributed by atoms with Crippen LogP contribution >= 0.6 is 11.3 Å². The summed E-state index contributed by atoms with van der Waals surface area (Å²) in [5.41, 5.74) is 3.02. The highest BCUT2D eigenvalue weighted by Crippen LogP contribution is 2.26. The first-order valence-corrected chi connectivity index (χ1v) is 7.55. The molecule has 4 aromatic rings. The van der Waals surface area contributed by atoms with Gasteiger partial charge in [-0.15, -0.1) is 11.3 Å². The van der Waals surface area contributed by atoms with Crippen LogP contribution in [0.25, 0.3) is 32.4 Å². The molecule has 2 aromatic carbocycles. The summed E-state index contributed by atoms with van der Waals surface area (Å²) >= 11 is 1.60.